The molecular weight excluding hydrogens is 284 g/mol. The van der Waals surface area contributed by atoms with E-state index in [9.17, 15) is 10.2 Å². The molecule has 0 bridgehead atoms. The quantitative estimate of drug-likeness (QED) is 0.808. The standard InChI is InChI=1S/C21H28O2/c1-12(2)21(7,17-10-13(3)8-15(5)19(17)22)18-11-14(4)9-16(6)20(18)23/h8-12,22-23H,1-7H3. The molecule has 2 heteroatoms. The average Bonchev–Trinajstić information content (AvgIpc) is 2.45. The number of phenolic OH excluding ortho intramolecular Hbond substituents is 2. The van der Waals surface area contributed by atoms with Gasteiger partial charge in [-0.25, -0.2) is 0 Å². The van der Waals surface area contributed by atoms with E-state index in [4.69, 9.17) is 0 Å². The molecule has 0 aliphatic rings. The van der Waals surface area contributed by atoms with Gasteiger partial charge in [0.25, 0.3) is 0 Å². The van der Waals surface area contributed by atoms with Crippen molar-refractivity contribution in [1.29, 1.82) is 0 Å². The van der Waals surface area contributed by atoms with Gasteiger partial charge in [0.05, 0.1) is 0 Å². The normalized spacial score (nSPS) is 12.0. The summed E-state index contributed by atoms with van der Waals surface area (Å²) >= 11 is 0. The number of hydrogen-bond acceptors (Lipinski definition) is 2. The highest BCUT2D eigenvalue weighted by Gasteiger charge is 2.38. The number of aromatic hydroxyl groups is 2. The second-order valence-electron chi connectivity index (χ2n) is 7.31. The van der Waals surface area contributed by atoms with Crippen LogP contribution in [-0.4, -0.2) is 10.2 Å². The van der Waals surface area contributed by atoms with Crippen LogP contribution in [0, 0.1) is 33.6 Å². The summed E-state index contributed by atoms with van der Waals surface area (Å²) in [4.78, 5) is 0. The first-order chi connectivity index (χ1) is 10.6. The Bertz CT molecular complexity index is 684. The fourth-order valence-corrected chi connectivity index (χ4v) is 3.48. The summed E-state index contributed by atoms with van der Waals surface area (Å²) in [7, 11) is 0. The summed E-state index contributed by atoms with van der Waals surface area (Å²) in [6.45, 7) is 14.3. The van der Waals surface area contributed by atoms with E-state index in [0.717, 1.165) is 33.4 Å². The van der Waals surface area contributed by atoms with Gasteiger partial charge in [-0.05, 0) is 44.7 Å². The molecule has 0 aromatic heterocycles. The lowest BCUT2D eigenvalue weighted by molar-refractivity contribution is 0.358. The average molecular weight is 312 g/mol. The van der Waals surface area contributed by atoms with E-state index in [0.29, 0.717) is 11.5 Å². The van der Waals surface area contributed by atoms with Gasteiger partial charge in [-0.15, -0.1) is 0 Å². The van der Waals surface area contributed by atoms with Crippen molar-refractivity contribution in [1.82, 2.24) is 0 Å². The minimum atomic E-state index is -0.471. The maximum absolute atomic E-state index is 10.7. The zero-order chi connectivity index (χ0) is 17.5. The van der Waals surface area contributed by atoms with Gasteiger partial charge < -0.3 is 10.2 Å². The predicted octanol–water partition coefficient (Wildman–Crippen LogP) is 5.29. The maximum atomic E-state index is 10.7. The van der Waals surface area contributed by atoms with E-state index in [1.54, 1.807) is 0 Å². The Morgan fingerprint density at radius 2 is 1.09 bits per heavy atom. The monoisotopic (exact) mass is 312 g/mol. The van der Waals surface area contributed by atoms with Gasteiger partial charge in [0.1, 0.15) is 11.5 Å². The molecule has 2 nitrogen and oxygen atoms in total. The summed E-state index contributed by atoms with van der Waals surface area (Å²) in [6, 6.07) is 8.06. The zero-order valence-corrected chi connectivity index (χ0v) is 15.3. The largest absolute Gasteiger partial charge is 0.507 e. The Morgan fingerprint density at radius 1 is 0.739 bits per heavy atom. The van der Waals surface area contributed by atoms with Crippen LogP contribution in [-0.2, 0) is 5.41 Å². The molecule has 2 N–H and O–H groups in total. The minimum absolute atomic E-state index is 0.210. The van der Waals surface area contributed by atoms with Crippen molar-refractivity contribution < 1.29 is 10.2 Å². The van der Waals surface area contributed by atoms with Crippen molar-refractivity contribution in [2.45, 2.75) is 53.9 Å². The second kappa shape index (κ2) is 5.92. The molecule has 0 atom stereocenters. The molecule has 23 heavy (non-hydrogen) atoms. The van der Waals surface area contributed by atoms with E-state index >= 15 is 0 Å². The van der Waals surface area contributed by atoms with Crippen LogP contribution in [0.3, 0.4) is 0 Å². The molecule has 0 unspecified atom stereocenters. The first-order valence-electron chi connectivity index (χ1n) is 8.20. The van der Waals surface area contributed by atoms with E-state index in [1.807, 2.05) is 52.0 Å². The fraction of sp³-hybridized carbons (Fsp3) is 0.429. The number of benzene rings is 2. The molecule has 2 rings (SSSR count). The van der Waals surface area contributed by atoms with Crippen LogP contribution < -0.4 is 0 Å². The van der Waals surface area contributed by atoms with Crippen molar-refractivity contribution >= 4 is 0 Å². The summed E-state index contributed by atoms with van der Waals surface area (Å²) in [6.07, 6.45) is 0. The van der Waals surface area contributed by atoms with E-state index in [2.05, 4.69) is 20.8 Å². The number of hydrogen-bond donors (Lipinski definition) is 2. The molecule has 2 aromatic carbocycles. The summed E-state index contributed by atoms with van der Waals surface area (Å²) in [5, 5.41) is 21.4. The lowest BCUT2D eigenvalue weighted by Crippen LogP contribution is -2.31. The van der Waals surface area contributed by atoms with Crippen LogP contribution in [0.15, 0.2) is 24.3 Å². The second-order valence-corrected chi connectivity index (χ2v) is 7.31. The Hall–Kier alpha value is -1.96. The lowest BCUT2D eigenvalue weighted by Gasteiger charge is -2.37. The molecule has 0 amide bonds. The topological polar surface area (TPSA) is 40.5 Å². The van der Waals surface area contributed by atoms with Gasteiger partial charge in [-0.3, -0.25) is 0 Å². The van der Waals surface area contributed by atoms with Gasteiger partial charge in [0.2, 0.25) is 0 Å². The SMILES string of the molecule is Cc1cc(C)c(O)c(C(C)(c2cc(C)cc(C)c2O)C(C)C)c1. The van der Waals surface area contributed by atoms with Gasteiger partial charge in [0, 0.05) is 16.5 Å². The Kier molecular flexibility index (Phi) is 4.48. The van der Waals surface area contributed by atoms with Crippen molar-refractivity contribution in [2.24, 2.45) is 5.92 Å². The Balaban J connectivity index is 2.87. The van der Waals surface area contributed by atoms with Crippen molar-refractivity contribution in [3.05, 3.63) is 57.6 Å². The lowest BCUT2D eigenvalue weighted by atomic mass is 9.66. The smallest absolute Gasteiger partial charge is 0.122 e. The summed E-state index contributed by atoms with van der Waals surface area (Å²) < 4.78 is 0. The molecular formula is C21H28O2. The third-order valence-corrected chi connectivity index (χ3v) is 5.16. The van der Waals surface area contributed by atoms with E-state index in [1.165, 1.54) is 0 Å². The molecule has 2 aromatic rings. The van der Waals surface area contributed by atoms with Crippen LogP contribution in [0.1, 0.15) is 54.2 Å². The Morgan fingerprint density at radius 3 is 1.39 bits per heavy atom. The molecule has 124 valence electrons. The maximum Gasteiger partial charge on any atom is 0.122 e. The van der Waals surface area contributed by atoms with Gasteiger partial charge >= 0.3 is 0 Å². The highest BCUT2D eigenvalue weighted by Crippen LogP contribution is 2.48. The van der Waals surface area contributed by atoms with Crippen molar-refractivity contribution in [2.75, 3.05) is 0 Å². The molecule has 0 saturated carbocycles. The first kappa shape index (κ1) is 17.4. The van der Waals surface area contributed by atoms with Crippen LogP contribution >= 0.6 is 0 Å². The van der Waals surface area contributed by atoms with E-state index in [-0.39, 0.29) is 5.92 Å². The number of phenols is 2. The molecule has 0 aliphatic carbocycles. The van der Waals surface area contributed by atoms with Crippen molar-refractivity contribution in [3.8, 4) is 11.5 Å². The predicted molar refractivity (Wildman–Crippen MR) is 96.5 cm³/mol. The zero-order valence-electron chi connectivity index (χ0n) is 15.3. The van der Waals surface area contributed by atoms with Crippen LogP contribution in [0.25, 0.3) is 0 Å². The minimum Gasteiger partial charge on any atom is -0.507 e. The first-order valence-corrected chi connectivity index (χ1v) is 8.20. The Labute approximate surface area is 139 Å². The van der Waals surface area contributed by atoms with Crippen molar-refractivity contribution in [3.63, 3.8) is 0 Å². The molecule has 0 heterocycles. The summed E-state index contributed by atoms with van der Waals surface area (Å²) in [5.41, 5.74) is 5.26. The number of rotatable bonds is 3. The highest BCUT2D eigenvalue weighted by molar-refractivity contribution is 5.56. The fourth-order valence-electron chi connectivity index (χ4n) is 3.48. The third-order valence-electron chi connectivity index (χ3n) is 5.16. The molecule has 0 radical (unpaired) electrons. The van der Waals surface area contributed by atoms with Crippen LogP contribution in [0.4, 0.5) is 0 Å². The van der Waals surface area contributed by atoms with Crippen LogP contribution in [0.5, 0.6) is 11.5 Å². The van der Waals surface area contributed by atoms with Gasteiger partial charge in [-0.1, -0.05) is 56.2 Å². The van der Waals surface area contributed by atoms with Gasteiger partial charge in [-0.2, -0.15) is 0 Å². The van der Waals surface area contributed by atoms with E-state index < -0.39 is 5.41 Å². The van der Waals surface area contributed by atoms with Gasteiger partial charge in [0.15, 0.2) is 0 Å². The molecule has 0 spiro atoms. The molecule has 0 saturated heterocycles. The molecule has 0 aliphatic heterocycles. The van der Waals surface area contributed by atoms with Crippen LogP contribution in [0.2, 0.25) is 0 Å². The molecule has 0 fully saturated rings. The highest BCUT2D eigenvalue weighted by atomic mass is 16.3. The third kappa shape index (κ3) is 2.83. The summed E-state index contributed by atoms with van der Waals surface area (Å²) in [5.74, 6) is 0.859. The number of aryl methyl sites for hydroxylation is 4.